The zero-order chi connectivity index (χ0) is 28.6. The number of fused-ring (bicyclic) bond motifs is 3. The van der Waals surface area contributed by atoms with Crippen LogP contribution in [0.2, 0.25) is 0 Å². The Morgan fingerprint density at radius 1 is 0.326 bits per heavy atom. The molecule has 0 saturated heterocycles. The Bertz CT molecular complexity index is 2160. The minimum absolute atomic E-state index is 0.709. The molecule has 0 aliphatic carbocycles. The average molecular weight is 551 g/mol. The number of rotatable bonds is 5. The zero-order valence-electron chi connectivity index (χ0n) is 23.3. The minimum Gasteiger partial charge on any atom is -0.456 e. The number of nitrogens with zero attached hydrogens (tertiary/aromatic N) is 2. The van der Waals surface area contributed by atoms with Crippen LogP contribution in [0.25, 0.3) is 78.1 Å². The molecule has 202 valence electrons. The fourth-order valence-corrected chi connectivity index (χ4v) is 5.69. The van der Waals surface area contributed by atoms with Crippen molar-refractivity contribution < 1.29 is 4.42 Å². The third-order valence-electron chi connectivity index (χ3n) is 7.91. The fourth-order valence-electron chi connectivity index (χ4n) is 5.69. The molecule has 6 aromatic carbocycles. The van der Waals surface area contributed by atoms with Gasteiger partial charge in [-0.25, -0.2) is 9.97 Å². The molecule has 0 radical (unpaired) electrons. The van der Waals surface area contributed by atoms with Gasteiger partial charge < -0.3 is 4.42 Å². The second kappa shape index (κ2) is 10.6. The fraction of sp³-hybridized carbons (Fsp3) is 0. The molecule has 2 aromatic heterocycles. The normalized spacial score (nSPS) is 11.3. The molecule has 8 rings (SSSR count). The Morgan fingerprint density at radius 2 is 0.837 bits per heavy atom. The zero-order valence-corrected chi connectivity index (χ0v) is 23.3. The lowest BCUT2D eigenvalue weighted by atomic mass is 9.97. The highest BCUT2D eigenvalue weighted by atomic mass is 16.3. The van der Waals surface area contributed by atoms with Gasteiger partial charge in [-0.15, -0.1) is 0 Å². The molecule has 43 heavy (non-hydrogen) atoms. The SMILES string of the molecule is c1ccc(-c2cc(-c3ccccc3)nc(-c3ccc(-c4cccc(-c5ccc6oc7ccccc7c6c5)c4)cc3)n2)cc1. The van der Waals surface area contributed by atoms with E-state index < -0.39 is 0 Å². The molecule has 0 spiro atoms. The number of benzene rings is 6. The molecular formula is C40H26N2O. The highest BCUT2D eigenvalue weighted by Gasteiger charge is 2.12. The number of hydrogen-bond acceptors (Lipinski definition) is 3. The highest BCUT2D eigenvalue weighted by Crippen LogP contribution is 2.34. The molecule has 0 fully saturated rings. The van der Waals surface area contributed by atoms with Gasteiger partial charge in [0.1, 0.15) is 11.2 Å². The van der Waals surface area contributed by atoms with Crippen LogP contribution in [0.1, 0.15) is 0 Å². The van der Waals surface area contributed by atoms with Gasteiger partial charge in [0, 0.05) is 27.5 Å². The van der Waals surface area contributed by atoms with E-state index in [0.717, 1.165) is 66.7 Å². The van der Waals surface area contributed by atoms with Gasteiger partial charge in [-0.2, -0.15) is 0 Å². The molecule has 8 aromatic rings. The largest absolute Gasteiger partial charge is 0.456 e. The third kappa shape index (κ3) is 4.77. The summed E-state index contributed by atoms with van der Waals surface area (Å²) in [5, 5.41) is 2.27. The van der Waals surface area contributed by atoms with E-state index in [4.69, 9.17) is 14.4 Å². The van der Waals surface area contributed by atoms with E-state index in [9.17, 15) is 0 Å². The molecule has 0 N–H and O–H groups in total. The van der Waals surface area contributed by atoms with Crippen molar-refractivity contribution in [2.24, 2.45) is 0 Å². The summed E-state index contributed by atoms with van der Waals surface area (Å²) in [4.78, 5) is 9.96. The Balaban J connectivity index is 1.15. The molecular weight excluding hydrogens is 524 g/mol. The molecule has 0 aliphatic heterocycles. The van der Waals surface area contributed by atoms with Gasteiger partial charge in [0.25, 0.3) is 0 Å². The van der Waals surface area contributed by atoms with Gasteiger partial charge >= 0.3 is 0 Å². The highest BCUT2D eigenvalue weighted by molar-refractivity contribution is 6.06. The second-order valence-corrected chi connectivity index (χ2v) is 10.7. The molecule has 0 atom stereocenters. The quantitative estimate of drug-likeness (QED) is 0.214. The van der Waals surface area contributed by atoms with Crippen LogP contribution in [-0.4, -0.2) is 9.97 Å². The predicted molar refractivity (Wildman–Crippen MR) is 176 cm³/mol. The lowest BCUT2D eigenvalue weighted by Crippen LogP contribution is -1.95. The minimum atomic E-state index is 0.709. The number of aromatic nitrogens is 2. The van der Waals surface area contributed by atoms with Crippen LogP contribution >= 0.6 is 0 Å². The van der Waals surface area contributed by atoms with E-state index in [1.165, 1.54) is 5.56 Å². The Hall–Kier alpha value is -5.80. The van der Waals surface area contributed by atoms with Crippen molar-refractivity contribution in [1.29, 1.82) is 0 Å². The first-order valence-corrected chi connectivity index (χ1v) is 14.4. The van der Waals surface area contributed by atoms with Gasteiger partial charge in [-0.05, 0) is 52.6 Å². The van der Waals surface area contributed by atoms with Crippen molar-refractivity contribution in [1.82, 2.24) is 9.97 Å². The summed E-state index contributed by atoms with van der Waals surface area (Å²) < 4.78 is 6.04. The Kier molecular flexibility index (Phi) is 6.12. The summed E-state index contributed by atoms with van der Waals surface area (Å²) in [6.07, 6.45) is 0. The van der Waals surface area contributed by atoms with E-state index >= 15 is 0 Å². The summed E-state index contributed by atoms with van der Waals surface area (Å²) >= 11 is 0. The maximum Gasteiger partial charge on any atom is 0.160 e. The number of hydrogen-bond donors (Lipinski definition) is 0. The van der Waals surface area contributed by atoms with Crippen molar-refractivity contribution in [2.45, 2.75) is 0 Å². The van der Waals surface area contributed by atoms with E-state index in [0.29, 0.717) is 5.82 Å². The van der Waals surface area contributed by atoms with Crippen LogP contribution in [0.15, 0.2) is 162 Å². The van der Waals surface area contributed by atoms with Crippen molar-refractivity contribution in [3.05, 3.63) is 158 Å². The monoisotopic (exact) mass is 550 g/mol. The van der Waals surface area contributed by atoms with E-state index in [1.807, 2.05) is 48.5 Å². The van der Waals surface area contributed by atoms with Crippen LogP contribution in [0.3, 0.4) is 0 Å². The Morgan fingerprint density at radius 3 is 1.53 bits per heavy atom. The summed E-state index contributed by atoms with van der Waals surface area (Å²) in [7, 11) is 0. The molecule has 2 heterocycles. The summed E-state index contributed by atoms with van der Waals surface area (Å²) in [6, 6.07) is 54.5. The van der Waals surface area contributed by atoms with Gasteiger partial charge in [0.2, 0.25) is 0 Å². The van der Waals surface area contributed by atoms with Crippen molar-refractivity contribution in [3.63, 3.8) is 0 Å². The summed E-state index contributed by atoms with van der Waals surface area (Å²) in [5.74, 6) is 0.709. The van der Waals surface area contributed by atoms with Gasteiger partial charge in [-0.1, -0.05) is 127 Å². The van der Waals surface area contributed by atoms with E-state index in [1.54, 1.807) is 0 Å². The van der Waals surface area contributed by atoms with Crippen molar-refractivity contribution in [2.75, 3.05) is 0 Å². The topological polar surface area (TPSA) is 38.9 Å². The molecule has 0 aliphatic rings. The summed E-state index contributed by atoms with van der Waals surface area (Å²) in [5.41, 5.74) is 11.4. The third-order valence-corrected chi connectivity index (χ3v) is 7.91. The van der Waals surface area contributed by atoms with Crippen molar-refractivity contribution in [3.8, 4) is 56.2 Å². The molecule has 0 unspecified atom stereocenters. The van der Waals surface area contributed by atoms with Gasteiger partial charge in [0.15, 0.2) is 5.82 Å². The first kappa shape index (κ1) is 25.0. The Labute approximate surface area is 249 Å². The van der Waals surface area contributed by atoms with Gasteiger partial charge in [-0.3, -0.25) is 0 Å². The smallest absolute Gasteiger partial charge is 0.160 e. The molecule has 3 nitrogen and oxygen atoms in total. The van der Waals surface area contributed by atoms with Crippen LogP contribution < -0.4 is 0 Å². The first-order valence-electron chi connectivity index (χ1n) is 14.4. The van der Waals surface area contributed by atoms with E-state index in [-0.39, 0.29) is 0 Å². The van der Waals surface area contributed by atoms with Crippen LogP contribution in [0, 0.1) is 0 Å². The molecule has 0 saturated carbocycles. The second-order valence-electron chi connectivity index (χ2n) is 10.7. The molecule has 0 bridgehead atoms. The van der Waals surface area contributed by atoms with E-state index in [2.05, 4.69) is 109 Å². The lowest BCUT2D eigenvalue weighted by Gasteiger charge is -2.10. The molecule has 3 heteroatoms. The molecule has 0 amide bonds. The first-order chi connectivity index (χ1) is 21.3. The average Bonchev–Trinajstić information content (AvgIpc) is 3.47. The predicted octanol–water partition coefficient (Wildman–Crippen LogP) is 10.7. The van der Waals surface area contributed by atoms with Crippen LogP contribution in [0.5, 0.6) is 0 Å². The number of furan rings is 1. The lowest BCUT2D eigenvalue weighted by molar-refractivity contribution is 0.669. The maximum absolute atomic E-state index is 6.04. The van der Waals surface area contributed by atoms with Gasteiger partial charge in [0.05, 0.1) is 11.4 Å². The van der Waals surface area contributed by atoms with Crippen molar-refractivity contribution >= 4 is 21.9 Å². The number of para-hydroxylation sites is 1. The van der Waals surface area contributed by atoms with Crippen LogP contribution in [-0.2, 0) is 0 Å². The summed E-state index contributed by atoms with van der Waals surface area (Å²) in [6.45, 7) is 0. The standard InChI is InChI=1S/C40H26N2O/c1-3-10-28(11-4-1)36-26-37(29-12-5-2-6-13-29)42-40(41-36)30-20-18-27(19-21-30)31-14-9-15-32(24-31)33-22-23-39-35(25-33)34-16-7-8-17-38(34)43-39/h1-26H. The van der Waals surface area contributed by atoms with Crippen LogP contribution in [0.4, 0.5) is 0 Å². The maximum atomic E-state index is 6.04.